The second-order valence-electron chi connectivity index (χ2n) is 6.75. The molecule has 0 aliphatic heterocycles. The fourth-order valence-electron chi connectivity index (χ4n) is 2.13. The number of nitrogens with zero attached hydrogens (tertiary/aromatic N) is 3. The van der Waals surface area contributed by atoms with Crippen molar-refractivity contribution in [3.8, 4) is 11.8 Å². The van der Waals surface area contributed by atoms with Crippen LogP contribution < -0.4 is 0 Å². The predicted molar refractivity (Wildman–Crippen MR) is 89.0 cm³/mol. The van der Waals surface area contributed by atoms with Gasteiger partial charge in [0.15, 0.2) is 0 Å². The Bertz CT molecular complexity index is 443. The lowest BCUT2D eigenvalue weighted by Crippen LogP contribution is -1.99. The number of hydrogen-bond acceptors (Lipinski definition) is 2. The predicted octanol–water partition coefficient (Wildman–Crippen LogP) is 4.62. The van der Waals surface area contributed by atoms with Crippen LogP contribution in [0.2, 0.25) is 0 Å². The Morgan fingerprint density at radius 2 is 1.71 bits per heavy atom. The van der Waals surface area contributed by atoms with Crippen LogP contribution in [0.3, 0.4) is 0 Å². The summed E-state index contributed by atoms with van der Waals surface area (Å²) in [5, 5.41) is 8.23. The van der Waals surface area contributed by atoms with Crippen LogP contribution in [0.25, 0.3) is 0 Å². The van der Waals surface area contributed by atoms with Gasteiger partial charge in [-0.1, -0.05) is 43.7 Å². The molecule has 0 radical (unpaired) electrons. The molecule has 0 aliphatic rings. The monoisotopic (exact) mass is 289 g/mol. The van der Waals surface area contributed by atoms with Crippen molar-refractivity contribution in [1.29, 1.82) is 0 Å². The topological polar surface area (TPSA) is 30.7 Å². The lowest BCUT2D eigenvalue weighted by Gasteiger charge is -2.06. The lowest BCUT2D eigenvalue weighted by atomic mass is 9.97. The zero-order chi connectivity index (χ0) is 15.6. The maximum atomic E-state index is 4.13. The van der Waals surface area contributed by atoms with Crippen LogP contribution in [-0.4, -0.2) is 15.0 Å². The zero-order valence-corrected chi connectivity index (χ0v) is 14.3. The maximum absolute atomic E-state index is 4.13. The minimum absolute atomic E-state index is 0.152. The minimum atomic E-state index is 0.152. The van der Waals surface area contributed by atoms with E-state index in [0.29, 0.717) is 0 Å². The molecule has 0 amide bonds. The molecule has 21 heavy (non-hydrogen) atoms. The van der Waals surface area contributed by atoms with Crippen molar-refractivity contribution in [3.05, 3.63) is 11.9 Å². The van der Waals surface area contributed by atoms with E-state index in [9.17, 15) is 0 Å². The first-order valence-corrected chi connectivity index (χ1v) is 8.40. The first kappa shape index (κ1) is 17.8. The van der Waals surface area contributed by atoms with E-state index in [0.717, 1.165) is 25.1 Å². The van der Waals surface area contributed by atoms with Crippen LogP contribution in [0, 0.1) is 17.3 Å². The normalized spacial score (nSPS) is 11.2. The van der Waals surface area contributed by atoms with E-state index in [1.165, 1.54) is 38.5 Å². The average Bonchev–Trinajstić information content (AvgIpc) is 2.87. The molecule has 0 saturated heterocycles. The van der Waals surface area contributed by atoms with Gasteiger partial charge >= 0.3 is 0 Å². The van der Waals surface area contributed by atoms with Gasteiger partial charge in [-0.15, -0.1) is 11.0 Å². The largest absolute Gasteiger partial charge is 0.252 e. The standard InChI is InChI=1S/C18H31N3/c1-5-17-16-21(20-19-17)15-13-11-9-7-6-8-10-12-14-18(2,3)4/h16H,5-11,13,15H2,1-4H3. The van der Waals surface area contributed by atoms with E-state index in [1.807, 2.05) is 4.68 Å². The van der Waals surface area contributed by atoms with Crippen molar-refractivity contribution in [2.75, 3.05) is 0 Å². The van der Waals surface area contributed by atoms with Gasteiger partial charge in [-0.05, 0) is 40.0 Å². The first-order valence-electron chi connectivity index (χ1n) is 8.40. The molecule has 0 fully saturated rings. The number of unbranched alkanes of at least 4 members (excludes halogenated alkanes) is 6. The third-order valence-electron chi connectivity index (χ3n) is 3.35. The molecular weight excluding hydrogens is 258 g/mol. The van der Waals surface area contributed by atoms with Gasteiger partial charge < -0.3 is 0 Å². The molecule has 3 nitrogen and oxygen atoms in total. The van der Waals surface area contributed by atoms with Crippen LogP contribution in [0.4, 0.5) is 0 Å². The summed E-state index contributed by atoms with van der Waals surface area (Å²) in [6, 6.07) is 0. The van der Waals surface area contributed by atoms with Crippen molar-refractivity contribution in [2.45, 2.75) is 85.6 Å². The highest BCUT2D eigenvalue weighted by Gasteiger charge is 2.02. The van der Waals surface area contributed by atoms with Crippen molar-refractivity contribution in [3.63, 3.8) is 0 Å². The molecule has 0 unspecified atom stereocenters. The van der Waals surface area contributed by atoms with Crippen LogP contribution >= 0.6 is 0 Å². The Balaban J connectivity index is 1.94. The summed E-state index contributed by atoms with van der Waals surface area (Å²) in [6.45, 7) is 9.61. The van der Waals surface area contributed by atoms with Crippen LogP contribution in [0.15, 0.2) is 6.20 Å². The molecule has 0 atom stereocenters. The maximum Gasteiger partial charge on any atom is 0.0824 e. The Morgan fingerprint density at radius 1 is 1.05 bits per heavy atom. The fourth-order valence-corrected chi connectivity index (χ4v) is 2.13. The van der Waals surface area contributed by atoms with Gasteiger partial charge in [-0.2, -0.15) is 0 Å². The molecule has 1 aromatic heterocycles. The Morgan fingerprint density at radius 3 is 2.33 bits per heavy atom. The smallest absolute Gasteiger partial charge is 0.0824 e. The van der Waals surface area contributed by atoms with Gasteiger partial charge in [-0.3, -0.25) is 4.68 Å². The Labute approximate surface area is 130 Å². The molecule has 0 spiro atoms. The van der Waals surface area contributed by atoms with Crippen LogP contribution in [0.5, 0.6) is 0 Å². The van der Waals surface area contributed by atoms with E-state index in [2.05, 4.69) is 56.0 Å². The highest BCUT2D eigenvalue weighted by atomic mass is 15.4. The number of rotatable bonds is 9. The second kappa shape index (κ2) is 9.60. The van der Waals surface area contributed by atoms with E-state index in [4.69, 9.17) is 0 Å². The molecule has 0 aromatic carbocycles. The summed E-state index contributed by atoms with van der Waals surface area (Å²) >= 11 is 0. The van der Waals surface area contributed by atoms with E-state index in [-0.39, 0.29) is 5.41 Å². The van der Waals surface area contributed by atoms with Gasteiger partial charge in [0.2, 0.25) is 0 Å². The Hall–Kier alpha value is -1.30. The van der Waals surface area contributed by atoms with Crippen LogP contribution in [0.1, 0.15) is 78.3 Å². The third-order valence-corrected chi connectivity index (χ3v) is 3.35. The Kier molecular flexibility index (Phi) is 8.12. The highest BCUT2D eigenvalue weighted by molar-refractivity contribution is 5.06. The number of aryl methyl sites for hydroxylation is 2. The number of aromatic nitrogens is 3. The molecule has 0 saturated carbocycles. The molecule has 0 N–H and O–H groups in total. The third kappa shape index (κ3) is 9.28. The number of hydrogen-bond donors (Lipinski definition) is 0. The average molecular weight is 289 g/mol. The fraction of sp³-hybridized carbons (Fsp3) is 0.778. The van der Waals surface area contributed by atoms with E-state index < -0.39 is 0 Å². The van der Waals surface area contributed by atoms with Crippen molar-refractivity contribution < 1.29 is 0 Å². The minimum Gasteiger partial charge on any atom is -0.252 e. The summed E-state index contributed by atoms with van der Waals surface area (Å²) in [5.74, 6) is 6.58. The molecule has 1 rings (SSSR count). The van der Waals surface area contributed by atoms with Crippen molar-refractivity contribution in [2.24, 2.45) is 5.41 Å². The summed E-state index contributed by atoms with van der Waals surface area (Å²) in [7, 11) is 0. The van der Waals surface area contributed by atoms with E-state index >= 15 is 0 Å². The van der Waals surface area contributed by atoms with Crippen molar-refractivity contribution in [1.82, 2.24) is 15.0 Å². The van der Waals surface area contributed by atoms with Gasteiger partial charge in [0.25, 0.3) is 0 Å². The molecule has 118 valence electrons. The summed E-state index contributed by atoms with van der Waals surface area (Å²) < 4.78 is 1.97. The highest BCUT2D eigenvalue weighted by Crippen LogP contribution is 2.11. The second-order valence-corrected chi connectivity index (χ2v) is 6.75. The van der Waals surface area contributed by atoms with Gasteiger partial charge in [0.1, 0.15) is 0 Å². The molecule has 0 bridgehead atoms. The molecule has 3 heteroatoms. The molecule has 0 aliphatic carbocycles. The van der Waals surface area contributed by atoms with Crippen LogP contribution in [-0.2, 0) is 13.0 Å². The first-order chi connectivity index (χ1) is 10.0. The molecule has 1 heterocycles. The summed E-state index contributed by atoms with van der Waals surface area (Å²) in [5.41, 5.74) is 1.24. The molecular formula is C18H31N3. The zero-order valence-electron chi connectivity index (χ0n) is 14.3. The van der Waals surface area contributed by atoms with E-state index in [1.54, 1.807) is 0 Å². The van der Waals surface area contributed by atoms with Gasteiger partial charge in [-0.25, -0.2) is 0 Å². The summed E-state index contributed by atoms with van der Waals surface area (Å²) in [4.78, 5) is 0. The van der Waals surface area contributed by atoms with Gasteiger partial charge in [0, 0.05) is 24.6 Å². The quantitative estimate of drug-likeness (QED) is 0.490. The molecule has 1 aromatic rings. The SMILES string of the molecule is CCc1cn(CCCCCCCCC#CC(C)(C)C)nn1. The van der Waals surface area contributed by atoms with Gasteiger partial charge in [0.05, 0.1) is 5.69 Å². The lowest BCUT2D eigenvalue weighted by molar-refractivity contribution is 0.514. The summed E-state index contributed by atoms with van der Waals surface area (Å²) in [6.07, 6.45) is 11.8. The van der Waals surface area contributed by atoms with Crippen molar-refractivity contribution >= 4 is 0 Å².